The van der Waals surface area contributed by atoms with E-state index in [9.17, 15) is 24.8 Å². The van der Waals surface area contributed by atoms with Gasteiger partial charge in [0.25, 0.3) is 5.69 Å². The summed E-state index contributed by atoms with van der Waals surface area (Å²) in [5.74, 6) is -1.75. The first kappa shape index (κ1) is 16.4. The number of rotatable bonds is 7. The Hall–Kier alpha value is -2.64. The number of carboxylic acid groups (broad SMARTS) is 1. The number of amides is 1. The molecule has 8 nitrogen and oxygen atoms in total. The van der Waals surface area contributed by atoms with E-state index in [1.807, 2.05) is 13.8 Å². The number of carbonyl (C=O) groups excluding carboxylic acids is 1. The highest BCUT2D eigenvalue weighted by Gasteiger charge is 2.21. The first-order valence-corrected chi connectivity index (χ1v) is 6.27. The Bertz CT molecular complexity index is 571. The lowest BCUT2D eigenvalue weighted by Gasteiger charge is -2.26. The van der Waals surface area contributed by atoms with Crippen LogP contribution in [-0.2, 0) is 4.79 Å². The third-order valence-corrected chi connectivity index (χ3v) is 2.70. The first-order chi connectivity index (χ1) is 9.72. The van der Waals surface area contributed by atoms with Crippen LogP contribution in [0.3, 0.4) is 0 Å². The quantitative estimate of drug-likeness (QED) is 0.575. The monoisotopic (exact) mass is 295 g/mol. The van der Waals surface area contributed by atoms with Gasteiger partial charge in [-0.3, -0.25) is 14.9 Å². The lowest BCUT2D eigenvalue weighted by molar-refractivity contribution is -0.384. The third-order valence-electron chi connectivity index (χ3n) is 2.70. The molecule has 1 rings (SSSR count). The van der Waals surface area contributed by atoms with Crippen LogP contribution in [0, 0.1) is 16.0 Å². The SMILES string of the molecule is CC(C)CN(CC(N)=O)c1cc([N+](=O)[O-])ccc1C(=O)O. The predicted molar refractivity (Wildman–Crippen MR) is 76.3 cm³/mol. The molecule has 0 saturated carbocycles. The molecule has 114 valence electrons. The van der Waals surface area contributed by atoms with Crippen molar-refractivity contribution < 1.29 is 19.6 Å². The molecule has 3 N–H and O–H groups in total. The zero-order valence-corrected chi connectivity index (χ0v) is 11.8. The molecule has 0 bridgehead atoms. The Morgan fingerprint density at radius 1 is 1.43 bits per heavy atom. The Kier molecular flexibility index (Phi) is 5.23. The van der Waals surface area contributed by atoms with E-state index in [1.54, 1.807) is 0 Å². The van der Waals surface area contributed by atoms with Crippen LogP contribution in [0.25, 0.3) is 0 Å². The van der Waals surface area contributed by atoms with Crippen molar-refractivity contribution in [2.75, 3.05) is 18.0 Å². The van der Waals surface area contributed by atoms with Crippen LogP contribution in [0.15, 0.2) is 18.2 Å². The van der Waals surface area contributed by atoms with Crippen molar-refractivity contribution in [3.63, 3.8) is 0 Å². The Morgan fingerprint density at radius 3 is 2.48 bits per heavy atom. The molecule has 1 aromatic carbocycles. The van der Waals surface area contributed by atoms with Crippen LogP contribution in [-0.4, -0.2) is 35.0 Å². The van der Waals surface area contributed by atoms with E-state index >= 15 is 0 Å². The van der Waals surface area contributed by atoms with E-state index in [2.05, 4.69) is 0 Å². The van der Waals surface area contributed by atoms with Gasteiger partial charge in [-0.1, -0.05) is 13.8 Å². The number of primary amides is 1. The van der Waals surface area contributed by atoms with Crippen LogP contribution in [0.5, 0.6) is 0 Å². The molecule has 0 aliphatic carbocycles. The molecule has 0 spiro atoms. The van der Waals surface area contributed by atoms with E-state index < -0.39 is 16.8 Å². The molecular weight excluding hydrogens is 278 g/mol. The average molecular weight is 295 g/mol. The predicted octanol–water partition coefficient (Wildman–Crippen LogP) is 1.24. The number of anilines is 1. The standard InChI is InChI=1S/C13H17N3O5/c1-8(2)6-15(7-12(14)17)11-5-9(16(20)21)3-4-10(11)13(18)19/h3-5,8H,6-7H2,1-2H3,(H2,14,17)(H,18,19). The Morgan fingerprint density at radius 2 is 2.05 bits per heavy atom. The molecule has 0 atom stereocenters. The van der Waals surface area contributed by atoms with Gasteiger partial charge in [0.2, 0.25) is 5.91 Å². The van der Waals surface area contributed by atoms with Crippen molar-refractivity contribution in [2.45, 2.75) is 13.8 Å². The van der Waals surface area contributed by atoms with Gasteiger partial charge < -0.3 is 15.7 Å². The van der Waals surface area contributed by atoms with E-state index in [0.29, 0.717) is 6.54 Å². The van der Waals surface area contributed by atoms with Crippen molar-refractivity contribution in [2.24, 2.45) is 11.7 Å². The van der Waals surface area contributed by atoms with Gasteiger partial charge in [-0.05, 0) is 12.0 Å². The van der Waals surface area contributed by atoms with Crippen LogP contribution >= 0.6 is 0 Å². The topological polar surface area (TPSA) is 127 Å². The molecular formula is C13H17N3O5. The van der Waals surface area contributed by atoms with Crippen LogP contribution in [0.1, 0.15) is 24.2 Å². The Balaban J connectivity index is 3.36. The lowest BCUT2D eigenvalue weighted by Crippen LogP contribution is -2.37. The molecule has 0 aliphatic heterocycles. The number of aromatic carboxylic acids is 1. The second-order valence-electron chi connectivity index (χ2n) is 5.00. The van der Waals surface area contributed by atoms with Gasteiger partial charge in [0.15, 0.2) is 0 Å². The summed E-state index contributed by atoms with van der Waals surface area (Å²) >= 11 is 0. The number of benzene rings is 1. The van der Waals surface area contributed by atoms with E-state index in [0.717, 1.165) is 18.2 Å². The van der Waals surface area contributed by atoms with Gasteiger partial charge in [-0.25, -0.2) is 4.79 Å². The minimum Gasteiger partial charge on any atom is -0.478 e. The van der Waals surface area contributed by atoms with E-state index in [-0.39, 0.29) is 29.4 Å². The molecule has 0 heterocycles. The fourth-order valence-corrected chi connectivity index (χ4v) is 1.95. The molecule has 0 unspecified atom stereocenters. The molecule has 0 aliphatic rings. The fourth-order valence-electron chi connectivity index (χ4n) is 1.95. The number of carboxylic acids is 1. The highest BCUT2D eigenvalue weighted by Crippen LogP contribution is 2.27. The number of carbonyl (C=O) groups is 2. The summed E-state index contributed by atoms with van der Waals surface area (Å²) in [5.41, 5.74) is 4.93. The van der Waals surface area contributed by atoms with Gasteiger partial charge >= 0.3 is 5.97 Å². The molecule has 0 fully saturated rings. The number of nitrogens with zero attached hydrogens (tertiary/aromatic N) is 2. The molecule has 8 heteroatoms. The Labute approximate surface area is 121 Å². The summed E-state index contributed by atoms with van der Waals surface area (Å²) in [6.45, 7) is 3.90. The summed E-state index contributed by atoms with van der Waals surface area (Å²) in [6.07, 6.45) is 0. The average Bonchev–Trinajstić information content (AvgIpc) is 2.35. The van der Waals surface area contributed by atoms with Crippen LogP contribution in [0.2, 0.25) is 0 Å². The first-order valence-electron chi connectivity index (χ1n) is 6.27. The molecule has 1 aromatic rings. The normalized spacial score (nSPS) is 10.4. The lowest BCUT2D eigenvalue weighted by atomic mass is 10.1. The maximum Gasteiger partial charge on any atom is 0.337 e. The van der Waals surface area contributed by atoms with Gasteiger partial charge in [0, 0.05) is 18.7 Å². The van der Waals surface area contributed by atoms with Crippen molar-refractivity contribution in [1.29, 1.82) is 0 Å². The summed E-state index contributed by atoms with van der Waals surface area (Å²) in [4.78, 5) is 34.1. The molecule has 21 heavy (non-hydrogen) atoms. The number of nitrogens with two attached hydrogens (primary N) is 1. The van der Waals surface area contributed by atoms with Crippen LogP contribution < -0.4 is 10.6 Å². The maximum absolute atomic E-state index is 11.3. The maximum atomic E-state index is 11.3. The van der Waals surface area contributed by atoms with Crippen molar-refractivity contribution in [3.05, 3.63) is 33.9 Å². The highest BCUT2D eigenvalue weighted by molar-refractivity contribution is 5.96. The van der Waals surface area contributed by atoms with Crippen LogP contribution in [0.4, 0.5) is 11.4 Å². The second kappa shape index (κ2) is 6.69. The van der Waals surface area contributed by atoms with Crippen molar-refractivity contribution in [3.8, 4) is 0 Å². The number of nitro groups is 1. The third kappa shape index (κ3) is 4.44. The minimum absolute atomic E-state index is 0.109. The number of hydrogen-bond donors (Lipinski definition) is 2. The van der Waals surface area contributed by atoms with Gasteiger partial charge in [0.05, 0.1) is 22.7 Å². The zero-order chi connectivity index (χ0) is 16.2. The van der Waals surface area contributed by atoms with Crippen molar-refractivity contribution in [1.82, 2.24) is 0 Å². The van der Waals surface area contributed by atoms with E-state index in [1.165, 1.54) is 4.90 Å². The zero-order valence-electron chi connectivity index (χ0n) is 11.8. The highest BCUT2D eigenvalue weighted by atomic mass is 16.6. The molecule has 1 amide bonds. The van der Waals surface area contributed by atoms with E-state index in [4.69, 9.17) is 5.73 Å². The minimum atomic E-state index is -1.22. The largest absolute Gasteiger partial charge is 0.478 e. The van der Waals surface area contributed by atoms with Gasteiger partial charge in [-0.15, -0.1) is 0 Å². The van der Waals surface area contributed by atoms with Crippen molar-refractivity contribution >= 4 is 23.3 Å². The summed E-state index contributed by atoms with van der Waals surface area (Å²) in [5, 5.41) is 20.0. The van der Waals surface area contributed by atoms with Gasteiger partial charge in [-0.2, -0.15) is 0 Å². The second-order valence-corrected chi connectivity index (χ2v) is 5.00. The fraction of sp³-hybridized carbons (Fsp3) is 0.385. The number of nitro benzene ring substituents is 1. The summed E-state index contributed by atoms with van der Waals surface area (Å²) in [7, 11) is 0. The molecule has 0 saturated heterocycles. The number of hydrogen-bond acceptors (Lipinski definition) is 5. The summed E-state index contributed by atoms with van der Waals surface area (Å²) in [6, 6.07) is 3.42. The smallest absolute Gasteiger partial charge is 0.337 e. The molecule has 0 aromatic heterocycles. The summed E-state index contributed by atoms with van der Waals surface area (Å²) < 4.78 is 0. The molecule has 0 radical (unpaired) electrons. The number of non-ortho nitro benzene ring substituents is 1. The van der Waals surface area contributed by atoms with Gasteiger partial charge in [0.1, 0.15) is 0 Å².